The van der Waals surface area contributed by atoms with Gasteiger partial charge in [-0.15, -0.1) is 0 Å². The van der Waals surface area contributed by atoms with Gasteiger partial charge in [-0.25, -0.2) is 14.9 Å². The number of aromatic nitrogens is 2. The Morgan fingerprint density at radius 3 is 1.93 bits per heavy atom. The van der Waals surface area contributed by atoms with Crippen LogP contribution in [0.1, 0.15) is 10.6 Å². The molecule has 4 rings (SSSR count). The Balaban J connectivity index is 1.83. The number of hydrogen-bond acceptors (Lipinski definition) is 5. The number of para-hydroxylation sites is 1. The highest BCUT2D eigenvalue weighted by atomic mass is 32.1. The molecular formula is C22H16N4O2S. The van der Waals surface area contributed by atoms with Crippen molar-refractivity contribution in [3.05, 3.63) is 103 Å². The second-order valence-electron chi connectivity index (χ2n) is 5.95. The SMILES string of the molecule is O=C(c1ccco1)N(C(=S)N(c1ccccn1)c1ccccn1)c1ccccc1. The van der Waals surface area contributed by atoms with Crippen LogP contribution in [0, 0.1) is 0 Å². The summed E-state index contributed by atoms with van der Waals surface area (Å²) in [6, 6.07) is 23.4. The van der Waals surface area contributed by atoms with Gasteiger partial charge in [0, 0.05) is 12.4 Å². The van der Waals surface area contributed by atoms with E-state index >= 15 is 0 Å². The first-order chi connectivity index (χ1) is 14.3. The van der Waals surface area contributed by atoms with Crippen LogP contribution >= 0.6 is 12.2 Å². The van der Waals surface area contributed by atoms with E-state index in [1.54, 1.807) is 29.4 Å². The zero-order valence-corrected chi connectivity index (χ0v) is 16.1. The van der Waals surface area contributed by atoms with Crippen molar-refractivity contribution in [2.24, 2.45) is 0 Å². The van der Waals surface area contributed by atoms with Crippen molar-refractivity contribution in [1.29, 1.82) is 0 Å². The third-order valence-electron chi connectivity index (χ3n) is 4.09. The van der Waals surface area contributed by atoms with Gasteiger partial charge in [0.25, 0.3) is 5.91 Å². The van der Waals surface area contributed by atoms with Crippen LogP contribution < -0.4 is 9.80 Å². The maximum atomic E-state index is 13.3. The zero-order valence-electron chi connectivity index (χ0n) is 15.3. The molecular weight excluding hydrogens is 384 g/mol. The summed E-state index contributed by atoms with van der Waals surface area (Å²) in [5.74, 6) is 0.884. The molecule has 3 aromatic heterocycles. The lowest BCUT2D eigenvalue weighted by Gasteiger charge is -2.30. The molecule has 6 nitrogen and oxygen atoms in total. The molecule has 0 spiro atoms. The number of benzene rings is 1. The summed E-state index contributed by atoms with van der Waals surface area (Å²) in [6.45, 7) is 0. The van der Waals surface area contributed by atoms with Crippen molar-refractivity contribution in [2.45, 2.75) is 0 Å². The van der Waals surface area contributed by atoms with Crippen molar-refractivity contribution in [1.82, 2.24) is 9.97 Å². The van der Waals surface area contributed by atoms with Gasteiger partial charge in [-0.3, -0.25) is 9.69 Å². The summed E-state index contributed by atoms with van der Waals surface area (Å²) in [5, 5.41) is 0.204. The van der Waals surface area contributed by atoms with Crippen molar-refractivity contribution in [2.75, 3.05) is 9.80 Å². The van der Waals surface area contributed by atoms with Gasteiger partial charge in [-0.1, -0.05) is 30.3 Å². The number of rotatable bonds is 4. The molecule has 7 heteroatoms. The van der Waals surface area contributed by atoms with Crippen LogP contribution in [0.2, 0.25) is 0 Å². The Kier molecular flexibility index (Phi) is 5.40. The molecule has 3 heterocycles. The Hall–Kier alpha value is -3.84. The maximum Gasteiger partial charge on any atom is 0.300 e. The number of carbonyl (C=O) groups is 1. The van der Waals surface area contributed by atoms with E-state index in [1.165, 1.54) is 11.2 Å². The van der Waals surface area contributed by atoms with Gasteiger partial charge in [0.1, 0.15) is 11.6 Å². The van der Waals surface area contributed by atoms with E-state index in [2.05, 4.69) is 9.97 Å². The summed E-state index contributed by atoms with van der Waals surface area (Å²) in [7, 11) is 0. The normalized spacial score (nSPS) is 10.3. The average molecular weight is 400 g/mol. The van der Waals surface area contributed by atoms with Crippen molar-refractivity contribution in [3.8, 4) is 0 Å². The number of amides is 1. The minimum absolute atomic E-state index is 0.179. The second-order valence-corrected chi connectivity index (χ2v) is 6.31. The van der Waals surface area contributed by atoms with Gasteiger partial charge in [0.05, 0.1) is 12.0 Å². The van der Waals surface area contributed by atoms with Crippen LogP contribution in [0.3, 0.4) is 0 Å². The largest absolute Gasteiger partial charge is 0.459 e. The van der Waals surface area contributed by atoms with Gasteiger partial charge in [0.2, 0.25) is 0 Å². The Morgan fingerprint density at radius 1 is 0.793 bits per heavy atom. The number of carbonyl (C=O) groups excluding carboxylic acids is 1. The number of furan rings is 1. The lowest BCUT2D eigenvalue weighted by atomic mass is 10.2. The highest BCUT2D eigenvalue weighted by Crippen LogP contribution is 2.27. The molecule has 0 saturated heterocycles. The van der Waals surface area contributed by atoms with Crippen molar-refractivity contribution >= 4 is 40.6 Å². The molecule has 0 aliphatic rings. The Morgan fingerprint density at radius 2 is 1.41 bits per heavy atom. The van der Waals surface area contributed by atoms with Crippen LogP contribution in [-0.4, -0.2) is 21.0 Å². The van der Waals surface area contributed by atoms with Crippen LogP contribution in [0.5, 0.6) is 0 Å². The molecule has 29 heavy (non-hydrogen) atoms. The predicted octanol–water partition coefficient (Wildman–Crippen LogP) is 4.84. The average Bonchev–Trinajstić information content (AvgIpc) is 3.31. The molecule has 4 aromatic rings. The van der Waals surface area contributed by atoms with Crippen LogP contribution in [-0.2, 0) is 0 Å². The van der Waals surface area contributed by atoms with Crippen molar-refractivity contribution in [3.63, 3.8) is 0 Å². The number of thiocarbonyl (C=S) groups is 1. The van der Waals surface area contributed by atoms with Crippen molar-refractivity contribution < 1.29 is 9.21 Å². The number of pyridine rings is 2. The topological polar surface area (TPSA) is 62.5 Å². The summed E-state index contributed by atoms with van der Waals surface area (Å²) in [6.07, 6.45) is 4.78. The monoisotopic (exact) mass is 400 g/mol. The minimum Gasteiger partial charge on any atom is -0.459 e. The number of nitrogens with zero attached hydrogens (tertiary/aromatic N) is 4. The van der Waals surface area contributed by atoms with E-state index in [-0.39, 0.29) is 16.8 Å². The molecule has 0 atom stereocenters. The van der Waals surface area contributed by atoms with E-state index in [0.717, 1.165) is 0 Å². The molecule has 142 valence electrons. The molecule has 0 saturated carbocycles. The van der Waals surface area contributed by atoms with Crippen LogP contribution in [0.15, 0.2) is 102 Å². The lowest BCUT2D eigenvalue weighted by molar-refractivity contribution is 0.0976. The van der Waals surface area contributed by atoms with E-state index in [0.29, 0.717) is 17.3 Å². The summed E-state index contributed by atoms with van der Waals surface area (Å²) in [4.78, 5) is 25.2. The van der Waals surface area contributed by atoms with Gasteiger partial charge >= 0.3 is 0 Å². The standard InChI is InChI=1S/C22H16N4O2S/c27-21(18-11-8-16-28-18)25(17-9-2-1-3-10-17)22(29)26(19-12-4-6-14-23-19)20-13-5-7-15-24-20/h1-16H. The smallest absolute Gasteiger partial charge is 0.300 e. The quantitative estimate of drug-likeness (QED) is 0.457. The molecule has 0 unspecified atom stereocenters. The zero-order chi connectivity index (χ0) is 20.1. The number of hydrogen-bond donors (Lipinski definition) is 0. The first kappa shape index (κ1) is 18.5. The summed E-state index contributed by atoms with van der Waals surface area (Å²) >= 11 is 5.80. The predicted molar refractivity (Wildman–Crippen MR) is 115 cm³/mol. The van der Waals surface area contributed by atoms with E-state index < -0.39 is 0 Å². The van der Waals surface area contributed by atoms with Gasteiger partial charge in [-0.05, 0) is 60.7 Å². The fraction of sp³-hybridized carbons (Fsp3) is 0. The molecule has 0 aliphatic carbocycles. The van der Waals surface area contributed by atoms with E-state index in [4.69, 9.17) is 16.6 Å². The Labute approximate surface area is 173 Å². The fourth-order valence-electron chi connectivity index (χ4n) is 2.79. The van der Waals surface area contributed by atoms with Gasteiger partial charge < -0.3 is 4.42 Å². The molecule has 0 fully saturated rings. The lowest BCUT2D eigenvalue weighted by Crippen LogP contribution is -2.45. The molecule has 0 N–H and O–H groups in total. The van der Waals surface area contributed by atoms with Crippen LogP contribution in [0.25, 0.3) is 0 Å². The van der Waals surface area contributed by atoms with E-state index in [1.807, 2.05) is 66.7 Å². The summed E-state index contributed by atoms with van der Waals surface area (Å²) in [5.41, 5.74) is 0.607. The molecule has 1 aromatic carbocycles. The van der Waals surface area contributed by atoms with E-state index in [9.17, 15) is 4.79 Å². The van der Waals surface area contributed by atoms with Crippen LogP contribution in [0.4, 0.5) is 17.3 Å². The molecule has 0 bridgehead atoms. The highest BCUT2D eigenvalue weighted by Gasteiger charge is 2.30. The minimum atomic E-state index is -0.386. The fourth-order valence-corrected chi connectivity index (χ4v) is 3.16. The molecule has 0 aliphatic heterocycles. The maximum absolute atomic E-state index is 13.3. The second kappa shape index (κ2) is 8.45. The number of anilines is 3. The summed E-state index contributed by atoms with van der Waals surface area (Å²) < 4.78 is 5.34. The molecule has 1 amide bonds. The third kappa shape index (κ3) is 3.90. The first-order valence-corrected chi connectivity index (χ1v) is 9.25. The molecule has 0 radical (unpaired) electrons. The van der Waals surface area contributed by atoms with Gasteiger partial charge in [0.15, 0.2) is 10.9 Å². The first-order valence-electron chi connectivity index (χ1n) is 8.85. The van der Waals surface area contributed by atoms with Gasteiger partial charge in [-0.2, -0.15) is 0 Å². The third-order valence-corrected chi connectivity index (χ3v) is 4.45. The highest BCUT2D eigenvalue weighted by molar-refractivity contribution is 7.81. The Bertz CT molecular complexity index is 1050.